The van der Waals surface area contributed by atoms with Gasteiger partial charge in [0.05, 0.1) is 5.69 Å². The molecule has 1 aromatic heterocycles. The summed E-state index contributed by atoms with van der Waals surface area (Å²) in [6, 6.07) is 8.52. The fourth-order valence-corrected chi connectivity index (χ4v) is 3.01. The van der Waals surface area contributed by atoms with Crippen LogP contribution in [0.4, 0.5) is 0 Å². The van der Waals surface area contributed by atoms with Crippen LogP contribution in [0.1, 0.15) is 63.3 Å². The third-order valence-corrected chi connectivity index (χ3v) is 4.28. The minimum atomic E-state index is -0.602. The highest BCUT2D eigenvalue weighted by Crippen LogP contribution is 2.26. The molecule has 2 nitrogen and oxygen atoms in total. The lowest BCUT2D eigenvalue weighted by molar-refractivity contribution is 0.219. The number of aliphatic hydroxyl groups excluding tert-OH is 1. The van der Waals surface area contributed by atoms with E-state index in [1.54, 1.807) is 6.08 Å². The third kappa shape index (κ3) is 4.60. The zero-order valence-electron chi connectivity index (χ0n) is 14.7. The van der Waals surface area contributed by atoms with E-state index < -0.39 is 6.10 Å². The molecule has 0 spiro atoms. The summed E-state index contributed by atoms with van der Waals surface area (Å²) >= 11 is 0. The fraction of sp³-hybridized carbons (Fsp3) is 0.476. The van der Waals surface area contributed by atoms with Crippen molar-refractivity contribution in [2.45, 2.75) is 65.5 Å². The Labute approximate surface area is 140 Å². The fourth-order valence-electron chi connectivity index (χ4n) is 3.01. The van der Waals surface area contributed by atoms with E-state index in [1.165, 1.54) is 42.1 Å². The number of fused-ring (bicyclic) bond motifs is 1. The lowest BCUT2D eigenvalue weighted by Gasteiger charge is -2.10. The lowest BCUT2D eigenvalue weighted by Crippen LogP contribution is -2.04. The van der Waals surface area contributed by atoms with Crippen LogP contribution < -0.4 is 0 Å². The van der Waals surface area contributed by atoms with Gasteiger partial charge in [0.1, 0.15) is 6.10 Å². The van der Waals surface area contributed by atoms with Crippen LogP contribution in [-0.4, -0.2) is 9.67 Å². The van der Waals surface area contributed by atoms with Crippen molar-refractivity contribution >= 4 is 10.9 Å². The first-order chi connectivity index (χ1) is 11.2. The Morgan fingerprint density at radius 3 is 2.74 bits per heavy atom. The third-order valence-electron chi connectivity index (χ3n) is 4.28. The van der Waals surface area contributed by atoms with Gasteiger partial charge < -0.3 is 9.67 Å². The second-order valence-electron chi connectivity index (χ2n) is 6.21. The van der Waals surface area contributed by atoms with Gasteiger partial charge in [-0.05, 0) is 57.0 Å². The van der Waals surface area contributed by atoms with Crippen LogP contribution in [0.25, 0.3) is 10.9 Å². The van der Waals surface area contributed by atoms with Crippen molar-refractivity contribution in [3.8, 4) is 0 Å². The lowest BCUT2D eigenvalue weighted by atomic mass is 10.1. The summed E-state index contributed by atoms with van der Waals surface area (Å²) in [6.07, 6.45) is 9.30. The zero-order valence-corrected chi connectivity index (χ0v) is 14.7. The maximum atomic E-state index is 10.5. The SMILES string of the molecule is CCCCCCC=C=CC(O)c1cc2cc(C)ccc2n1CC. The van der Waals surface area contributed by atoms with Crippen molar-refractivity contribution < 1.29 is 5.11 Å². The summed E-state index contributed by atoms with van der Waals surface area (Å²) in [5, 5.41) is 11.7. The van der Waals surface area contributed by atoms with Crippen molar-refractivity contribution in [3.63, 3.8) is 0 Å². The molecule has 23 heavy (non-hydrogen) atoms. The number of hydrogen-bond donors (Lipinski definition) is 1. The summed E-state index contributed by atoms with van der Waals surface area (Å²) < 4.78 is 2.18. The molecule has 0 fully saturated rings. The van der Waals surface area contributed by atoms with E-state index in [4.69, 9.17) is 0 Å². The van der Waals surface area contributed by atoms with Crippen LogP contribution in [-0.2, 0) is 6.54 Å². The van der Waals surface area contributed by atoms with Gasteiger partial charge in [-0.15, -0.1) is 5.73 Å². The molecular weight excluding hydrogens is 282 g/mol. The number of aromatic nitrogens is 1. The first kappa shape index (κ1) is 17.6. The van der Waals surface area contributed by atoms with E-state index in [-0.39, 0.29) is 0 Å². The number of aryl methyl sites for hydroxylation is 2. The molecule has 0 aliphatic heterocycles. The smallest absolute Gasteiger partial charge is 0.119 e. The first-order valence-corrected chi connectivity index (χ1v) is 8.86. The Hall–Kier alpha value is -1.76. The molecule has 0 aliphatic carbocycles. The second-order valence-corrected chi connectivity index (χ2v) is 6.21. The number of unbranched alkanes of at least 4 members (excludes halogenated alkanes) is 4. The normalized spacial score (nSPS) is 12.2. The van der Waals surface area contributed by atoms with Gasteiger partial charge in [-0.3, -0.25) is 0 Å². The molecule has 1 aromatic carbocycles. The molecule has 2 aromatic rings. The highest BCUT2D eigenvalue weighted by atomic mass is 16.3. The molecule has 1 N–H and O–H groups in total. The number of hydrogen-bond acceptors (Lipinski definition) is 1. The molecule has 0 bridgehead atoms. The van der Waals surface area contributed by atoms with Gasteiger partial charge in [0, 0.05) is 17.4 Å². The van der Waals surface area contributed by atoms with Crippen LogP contribution >= 0.6 is 0 Å². The monoisotopic (exact) mass is 311 g/mol. The average Bonchev–Trinajstić information content (AvgIpc) is 2.91. The Morgan fingerprint density at radius 2 is 2.00 bits per heavy atom. The van der Waals surface area contributed by atoms with Crippen molar-refractivity contribution in [2.75, 3.05) is 0 Å². The van der Waals surface area contributed by atoms with E-state index >= 15 is 0 Å². The predicted molar refractivity (Wildman–Crippen MR) is 98.7 cm³/mol. The Balaban J connectivity index is 2.11. The molecule has 0 saturated carbocycles. The Morgan fingerprint density at radius 1 is 1.17 bits per heavy atom. The average molecular weight is 311 g/mol. The predicted octanol–water partition coefficient (Wildman–Crippen LogP) is 5.68. The molecule has 1 unspecified atom stereocenters. The van der Waals surface area contributed by atoms with Crippen LogP contribution in [0.2, 0.25) is 0 Å². The maximum Gasteiger partial charge on any atom is 0.119 e. The van der Waals surface area contributed by atoms with Crippen molar-refractivity contribution in [1.82, 2.24) is 4.57 Å². The van der Waals surface area contributed by atoms with Gasteiger partial charge in [-0.1, -0.05) is 37.8 Å². The molecule has 0 saturated heterocycles. The van der Waals surface area contributed by atoms with E-state index in [9.17, 15) is 5.11 Å². The second kappa shape index (κ2) is 8.76. The van der Waals surface area contributed by atoms with Crippen LogP contribution in [0, 0.1) is 6.92 Å². The zero-order chi connectivity index (χ0) is 16.7. The van der Waals surface area contributed by atoms with E-state index in [1.807, 2.05) is 6.08 Å². The minimum Gasteiger partial charge on any atom is -0.382 e. The Kier molecular flexibility index (Phi) is 6.70. The molecular formula is C21H29NO. The largest absolute Gasteiger partial charge is 0.382 e. The highest BCUT2D eigenvalue weighted by Gasteiger charge is 2.13. The number of aliphatic hydroxyl groups is 1. The minimum absolute atomic E-state index is 0.602. The van der Waals surface area contributed by atoms with Gasteiger partial charge in [0.15, 0.2) is 0 Å². The number of rotatable bonds is 8. The van der Waals surface area contributed by atoms with E-state index in [0.29, 0.717) is 0 Å². The van der Waals surface area contributed by atoms with Gasteiger partial charge >= 0.3 is 0 Å². The quantitative estimate of drug-likeness (QED) is 0.492. The number of nitrogens with zero attached hydrogens (tertiary/aromatic N) is 1. The van der Waals surface area contributed by atoms with Crippen molar-refractivity contribution in [3.05, 3.63) is 53.4 Å². The first-order valence-electron chi connectivity index (χ1n) is 8.86. The summed E-state index contributed by atoms with van der Waals surface area (Å²) in [6.45, 7) is 7.29. The van der Waals surface area contributed by atoms with Gasteiger partial charge in [-0.2, -0.15) is 0 Å². The van der Waals surface area contributed by atoms with Gasteiger partial charge in [-0.25, -0.2) is 0 Å². The van der Waals surface area contributed by atoms with Crippen LogP contribution in [0.3, 0.4) is 0 Å². The molecule has 0 radical (unpaired) electrons. The van der Waals surface area contributed by atoms with Crippen molar-refractivity contribution in [2.24, 2.45) is 0 Å². The molecule has 0 aliphatic rings. The van der Waals surface area contributed by atoms with E-state index in [0.717, 1.165) is 18.7 Å². The summed E-state index contributed by atoms with van der Waals surface area (Å²) in [7, 11) is 0. The molecule has 1 atom stereocenters. The molecule has 1 heterocycles. The molecule has 124 valence electrons. The highest BCUT2D eigenvalue weighted by molar-refractivity contribution is 5.82. The molecule has 2 heteroatoms. The summed E-state index contributed by atoms with van der Waals surface area (Å²) in [5.74, 6) is 0. The van der Waals surface area contributed by atoms with Crippen LogP contribution in [0.5, 0.6) is 0 Å². The summed E-state index contributed by atoms with van der Waals surface area (Å²) in [5.41, 5.74) is 6.53. The molecule has 0 amide bonds. The van der Waals surface area contributed by atoms with Crippen molar-refractivity contribution in [1.29, 1.82) is 0 Å². The van der Waals surface area contributed by atoms with Gasteiger partial charge in [0.2, 0.25) is 0 Å². The Bertz CT molecular complexity index is 689. The summed E-state index contributed by atoms with van der Waals surface area (Å²) in [4.78, 5) is 0. The maximum absolute atomic E-state index is 10.5. The van der Waals surface area contributed by atoms with E-state index in [2.05, 4.69) is 55.3 Å². The topological polar surface area (TPSA) is 25.2 Å². The number of benzene rings is 1. The van der Waals surface area contributed by atoms with Gasteiger partial charge in [0.25, 0.3) is 0 Å². The molecule has 2 rings (SSSR count). The van der Waals surface area contributed by atoms with Crippen LogP contribution in [0.15, 0.2) is 42.1 Å². The standard InChI is InChI=1S/C21H29NO/c1-4-6-7-8-9-10-11-12-21(23)20-16-18-15-17(3)13-14-19(18)22(20)5-2/h10,12-16,21,23H,4-9H2,1-3H3.